The van der Waals surface area contributed by atoms with Gasteiger partial charge >= 0.3 is 0 Å². The molecular weight excluding hydrogens is 469 g/mol. The van der Waals surface area contributed by atoms with Gasteiger partial charge < -0.3 is 5.32 Å². The van der Waals surface area contributed by atoms with Crippen molar-refractivity contribution in [3.63, 3.8) is 0 Å². The number of nitrogens with zero attached hydrogens (tertiary/aromatic N) is 1. The van der Waals surface area contributed by atoms with Crippen molar-refractivity contribution in [2.24, 2.45) is 11.8 Å². The Morgan fingerprint density at radius 1 is 0.941 bits per heavy atom. The monoisotopic (exact) mass is 499 g/mol. The predicted molar refractivity (Wildman–Crippen MR) is 136 cm³/mol. The maximum absolute atomic E-state index is 12.7. The minimum atomic E-state index is -0.0946. The van der Waals surface area contributed by atoms with Crippen molar-refractivity contribution in [2.75, 3.05) is 19.6 Å². The van der Waals surface area contributed by atoms with E-state index in [1.807, 2.05) is 41.4 Å². The van der Waals surface area contributed by atoms with Crippen LogP contribution in [-0.4, -0.2) is 36.5 Å². The maximum atomic E-state index is 12.7. The van der Waals surface area contributed by atoms with Crippen molar-refractivity contribution < 1.29 is 9.59 Å². The van der Waals surface area contributed by atoms with Gasteiger partial charge in [-0.25, -0.2) is 5.01 Å². The Bertz CT molecular complexity index is 1040. The van der Waals surface area contributed by atoms with E-state index in [-0.39, 0.29) is 23.7 Å². The van der Waals surface area contributed by atoms with Crippen LogP contribution in [0.2, 0.25) is 10.0 Å². The molecule has 2 unspecified atom stereocenters. The highest BCUT2D eigenvalue weighted by Crippen LogP contribution is 2.48. The molecule has 180 valence electrons. The fourth-order valence-electron chi connectivity index (χ4n) is 5.73. The minimum absolute atomic E-state index is 0.0458. The van der Waals surface area contributed by atoms with Crippen LogP contribution < -0.4 is 10.7 Å². The van der Waals surface area contributed by atoms with Crippen molar-refractivity contribution in [1.82, 2.24) is 15.8 Å². The summed E-state index contributed by atoms with van der Waals surface area (Å²) in [6, 6.07) is 11.4. The number of nitrogens with one attached hydrogen (secondary N) is 2. The molecule has 5 nitrogen and oxygen atoms in total. The zero-order valence-corrected chi connectivity index (χ0v) is 20.8. The van der Waals surface area contributed by atoms with Gasteiger partial charge in [-0.3, -0.25) is 15.0 Å². The number of carbonyl (C=O) groups is 2. The summed E-state index contributed by atoms with van der Waals surface area (Å²) < 4.78 is 0. The molecule has 5 rings (SSSR count). The topological polar surface area (TPSA) is 61.4 Å². The third-order valence-corrected chi connectivity index (χ3v) is 8.32. The Labute approximate surface area is 211 Å². The fraction of sp³-hybridized carbons (Fsp3) is 0.481. The summed E-state index contributed by atoms with van der Waals surface area (Å²) in [6.07, 6.45) is 7.82. The van der Waals surface area contributed by atoms with Gasteiger partial charge in [0.15, 0.2) is 0 Å². The first-order valence-electron chi connectivity index (χ1n) is 12.4. The molecule has 2 aromatic carbocycles. The summed E-state index contributed by atoms with van der Waals surface area (Å²) in [5.74, 6) is 0.423. The molecule has 2 amide bonds. The molecule has 1 aliphatic carbocycles. The lowest BCUT2D eigenvalue weighted by Gasteiger charge is -2.34. The average Bonchev–Trinajstić information content (AvgIpc) is 3.24. The number of hydrazine groups is 1. The van der Waals surface area contributed by atoms with Crippen LogP contribution in [0.25, 0.3) is 11.1 Å². The van der Waals surface area contributed by atoms with Gasteiger partial charge in [-0.1, -0.05) is 54.6 Å². The molecule has 34 heavy (non-hydrogen) atoms. The van der Waals surface area contributed by atoms with Gasteiger partial charge in [-0.2, -0.15) is 0 Å². The van der Waals surface area contributed by atoms with Gasteiger partial charge in [0.2, 0.25) is 5.91 Å². The summed E-state index contributed by atoms with van der Waals surface area (Å²) in [6.45, 7) is 2.52. The van der Waals surface area contributed by atoms with Crippen LogP contribution in [0.3, 0.4) is 0 Å². The molecule has 0 radical (unpaired) electrons. The summed E-state index contributed by atoms with van der Waals surface area (Å²) in [7, 11) is 0. The highest BCUT2D eigenvalue weighted by atomic mass is 35.5. The van der Waals surface area contributed by atoms with E-state index in [4.69, 9.17) is 23.2 Å². The van der Waals surface area contributed by atoms with Crippen LogP contribution in [0.5, 0.6) is 0 Å². The third-order valence-electron chi connectivity index (χ3n) is 7.69. The molecule has 1 saturated carbocycles. The minimum Gasteiger partial charge on any atom is -0.356 e. The van der Waals surface area contributed by atoms with Crippen LogP contribution in [0.1, 0.15) is 66.8 Å². The normalized spacial score (nSPS) is 22.2. The third kappa shape index (κ3) is 4.84. The summed E-state index contributed by atoms with van der Waals surface area (Å²) in [4.78, 5) is 25.1. The summed E-state index contributed by atoms with van der Waals surface area (Å²) in [5.41, 5.74) is 6.31. The smallest absolute Gasteiger partial charge is 0.265 e. The van der Waals surface area contributed by atoms with E-state index in [0.717, 1.165) is 62.0 Å². The number of carbonyl (C=O) groups excluding carboxylic acids is 2. The number of hydrogen-bond acceptors (Lipinski definition) is 3. The van der Waals surface area contributed by atoms with E-state index in [1.165, 1.54) is 19.3 Å². The van der Waals surface area contributed by atoms with Crippen molar-refractivity contribution in [2.45, 2.75) is 50.9 Å². The first-order valence-corrected chi connectivity index (χ1v) is 13.2. The average molecular weight is 500 g/mol. The fourth-order valence-corrected chi connectivity index (χ4v) is 6.47. The van der Waals surface area contributed by atoms with E-state index in [2.05, 4.69) is 10.7 Å². The number of hydrogen-bond donors (Lipinski definition) is 2. The number of rotatable bonds is 6. The van der Waals surface area contributed by atoms with Crippen LogP contribution in [0, 0.1) is 11.8 Å². The zero-order valence-electron chi connectivity index (χ0n) is 19.3. The Balaban J connectivity index is 1.42. The molecule has 3 aliphatic rings. The molecule has 2 aromatic rings. The molecule has 7 heteroatoms. The number of benzene rings is 2. The second-order valence-electron chi connectivity index (χ2n) is 9.82. The van der Waals surface area contributed by atoms with E-state index in [0.29, 0.717) is 21.5 Å². The summed E-state index contributed by atoms with van der Waals surface area (Å²) in [5, 5.41) is 6.17. The largest absolute Gasteiger partial charge is 0.356 e. The molecule has 2 atom stereocenters. The molecule has 3 fully saturated rings. The van der Waals surface area contributed by atoms with Crippen molar-refractivity contribution >= 4 is 35.0 Å². The van der Waals surface area contributed by atoms with Gasteiger partial charge in [-0.05, 0) is 72.6 Å². The molecule has 2 N–H and O–H groups in total. The SMILES string of the molecule is O=C(NN1CCC1)c1ccc(-c2cc(Cl)c(C(C3CCCCC3)C3CCNC3=O)c(Cl)c2)cc1. The zero-order chi connectivity index (χ0) is 23.7. The molecule has 0 bridgehead atoms. The molecular formula is C27H31Cl2N3O2. The van der Waals surface area contributed by atoms with Gasteiger partial charge in [0.1, 0.15) is 0 Å². The Morgan fingerprint density at radius 2 is 1.62 bits per heavy atom. The molecule has 0 aromatic heterocycles. The van der Waals surface area contributed by atoms with Crippen LogP contribution in [-0.2, 0) is 4.79 Å². The second-order valence-corrected chi connectivity index (χ2v) is 10.6. The van der Waals surface area contributed by atoms with Gasteiger partial charge in [0, 0.05) is 47.1 Å². The second kappa shape index (κ2) is 10.3. The number of amides is 2. The van der Waals surface area contributed by atoms with Crippen LogP contribution >= 0.6 is 23.2 Å². The lowest BCUT2D eigenvalue weighted by Crippen LogP contribution is -2.50. The molecule has 2 aliphatic heterocycles. The van der Waals surface area contributed by atoms with Crippen molar-refractivity contribution in [3.05, 3.63) is 57.6 Å². The quantitative estimate of drug-likeness (QED) is 0.526. The van der Waals surface area contributed by atoms with E-state index in [1.54, 1.807) is 0 Å². The Kier molecular flexibility index (Phi) is 7.14. The molecule has 2 saturated heterocycles. The summed E-state index contributed by atoms with van der Waals surface area (Å²) >= 11 is 13.8. The van der Waals surface area contributed by atoms with Crippen LogP contribution in [0.4, 0.5) is 0 Å². The highest BCUT2D eigenvalue weighted by molar-refractivity contribution is 6.36. The number of halogens is 2. The first-order chi connectivity index (χ1) is 16.5. The maximum Gasteiger partial charge on any atom is 0.265 e. The first kappa shape index (κ1) is 23.7. The highest BCUT2D eigenvalue weighted by Gasteiger charge is 2.40. The van der Waals surface area contributed by atoms with E-state index < -0.39 is 0 Å². The van der Waals surface area contributed by atoms with E-state index in [9.17, 15) is 9.59 Å². The van der Waals surface area contributed by atoms with Gasteiger partial charge in [0.25, 0.3) is 5.91 Å². The lowest BCUT2D eigenvalue weighted by molar-refractivity contribution is -0.123. The van der Waals surface area contributed by atoms with E-state index >= 15 is 0 Å². The lowest BCUT2D eigenvalue weighted by atomic mass is 9.70. The molecule has 2 heterocycles. The predicted octanol–water partition coefficient (Wildman–Crippen LogP) is 5.81. The Morgan fingerprint density at radius 3 is 2.18 bits per heavy atom. The van der Waals surface area contributed by atoms with Crippen molar-refractivity contribution in [1.29, 1.82) is 0 Å². The van der Waals surface area contributed by atoms with Gasteiger partial charge in [-0.15, -0.1) is 0 Å². The van der Waals surface area contributed by atoms with Crippen molar-refractivity contribution in [3.8, 4) is 11.1 Å². The molecule has 0 spiro atoms. The van der Waals surface area contributed by atoms with Crippen LogP contribution in [0.15, 0.2) is 36.4 Å². The standard InChI is InChI=1S/C27H31Cl2N3O2/c28-22-15-20(17-7-9-19(10-8-17)26(33)31-32-13-4-14-32)16-23(29)25(22)24(18-5-2-1-3-6-18)21-11-12-30-27(21)34/h7-10,15-16,18,21,24H,1-6,11-14H2,(H,30,34)(H,31,33). The van der Waals surface area contributed by atoms with Gasteiger partial charge in [0.05, 0.1) is 0 Å². The Hall–Kier alpha value is -2.08.